The Labute approximate surface area is 99.1 Å². The van der Waals surface area contributed by atoms with Crippen LogP contribution in [0.2, 0.25) is 0 Å². The van der Waals surface area contributed by atoms with Gasteiger partial charge in [-0.05, 0) is 39.3 Å². The van der Waals surface area contributed by atoms with Crippen molar-refractivity contribution in [1.82, 2.24) is 15.0 Å². The maximum atomic E-state index is 13.8. The Morgan fingerprint density at radius 3 is 2.65 bits per heavy atom. The number of hydrogen-bond donors (Lipinski definition) is 1. The quantitative estimate of drug-likeness (QED) is 0.868. The third kappa shape index (κ3) is 2.15. The normalized spacial score (nSPS) is 12.4. The second-order valence-electron chi connectivity index (χ2n) is 5.06. The number of aliphatic hydroxyl groups is 1. The largest absolute Gasteiger partial charge is 0.389 e. The van der Waals surface area contributed by atoms with Crippen molar-refractivity contribution in [2.24, 2.45) is 0 Å². The first-order valence-corrected chi connectivity index (χ1v) is 5.51. The molecule has 0 fully saturated rings. The predicted octanol–water partition coefficient (Wildman–Crippen LogP) is 1.96. The zero-order valence-corrected chi connectivity index (χ0v) is 10.5. The molecule has 92 valence electrons. The maximum absolute atomic E-state index is 13.8. The van der Waals surface area contributed by atoms with Crippen LogP contribution >= 0.6 is 0 Å². The van der Waals surface area contributed by atoms with Gasteiger partial charge in [0.25, 0.3) is 0 Å². The maximum Gasteiger partial charge on any atom is 0.131 e. The fraction of sp³-hybridized carbons (Fsp3) is 0.500. The molecule has 0 amide bonds. The number of rotatable bonds is 2. The molecule has 0 unspecified atom stereocenters. The van der Waals surface area contributed by atoms with E-state index in [1.165, 1.54) is 0 Å². The van der Waals surface area contributed by atoms with Gasteiger partial charge in [0.2, 0.25) is 0 Å². The third-order valence-corrected chi connectivity index (χ3v) is 2.68. The van der Waals surface area contributed by atoms with Crippen LogP contribution in [0.15, 0.2) is 6.07 Å². The molecule has 0 spiro atoms. The van der Waals surface area contributed by atoms with Gasteiger partial charge in [0, 0.05) is 5.56 Å². The van der Waals surface area contributed by atoms with Crippen molar-refractivity contribution in [3.05, 3.63) is 23.0 Å². The molecule has 0 aliphatic heterocycles. The van der Waals surface area contributed by atoms with Crippen molar-refractivity contribution in [3.8, 4) is 0 Å². The lowest BCUT2D eigenvalue weighted by Gasteiger charge is -2.17. The molecule has 2 aromatic rings. The summed E-state index contributed by atoms with van der Waals surface area (Å²) >= 11 is 0. The minimum absolute atomic E-state index is 0.239. The molecule has 1 aromatic carbocycles. The van der Waals surface area contributed by atoms with Crippen molar-refractivity contribution in [1.29, 1.82) is 0 Å². The summed E-state index contributed by atoms with van der Waals surface area (Å²) in [5.74, 6) is -0.239. The summed E-state index contributed by atoms with van der Waals surface area (Å²) < 4.78 is 15.4. The van der Waals surface area contributed by atoms with Crippen molar-refractivity contribution in [2.45, 2.75) is 39.8 Å². The molecule has 0 atom stereocenters. The number of aryl methyl sites for hydroxylation is 2. The van der Waals surface area contributed by atoms with E-state index >= 15 is 0 Å². The van der Waals surface area contributed by atoms with Crippen LogP contribution in [0.4, 0.5) is 4.39 Å². The number of fused-ring (bicyclic) bond motifs is 1. The van der Waals surface area contributed by atoms with Gasteiger partial charge < -0.3 is 5.11 Å². The van der Waals surface area contributed by atoms with Gasteiger partial charge in [-0.2, -0.15) is 0 Å². The topological polar surface area (TPSA) is 50.9 Å². The SMILES string of the molecule is Cc1cc2nnn(CC(C)(C)O)c2c(C)c1F. The van der Waals surface area contributed by atoms with Crippen molar-refractivity contribution in [3.63, 3.8) is 0 Å². The molecule has 0 saturated heterocycles. The van der Waals surface area contributed by atoms with Crippen LogP contribution < -0.4 is 0 Å². The molecular formula is C12H16FN3O. The van der Waals surface area contributed by atoms with Crippen LogP contribution in [-0.2, 0) is 6.54 Å². The zero-order valence-electron chi connectivity index (χ0n) is 10.5. The number of benzene rings is 1. The van der Waals surface area contributed by atoms with Crippen molar-refractivity contribution >= 4 is 11.0 Å². The van der Waals surface area contributed by atoms with Crippen molar-refractivity contribution in [2.75, 3.05) is 0 Å². The van der Waals surface area contributed by atoms with Gasteiger partial charge in [0.1, 0.15) is 11.3 Å². The van der Waals surface area contributed by atoms with Gasteiger partial charge >= 0.3 is 0 Å². The van der Waals surface area contributed by atoms with Gasteiger partial charge in [0.15, 0.2) is 0 Å². The molecular weight excluding hydrogens is 221 g/mol. The van der Waals surface area contributed by atoms with Gasteiger partial charge in [-0.3, -0.25) is 0 Å². The summed E-state index contributed by atoms with van der Waals surface area (Å²) in [6.07, 6.45) is 0. The Kier molecular flexibility index (Phi) is 2.66. The van der Waals surface area contributed by atoms with E-state index in [2.05, 4.69) is 10.3 Å². The second-order valence-corrected chi connectivity index (χ2v) is 5.06. The van der Waals surface area contributed by atoms with E-state index in [-0.39, 0.29) is 12.4 Å². The molecule has 4 nitrogen and oxygen atoms in total. The first-order chi connectivity index (χ1) is 7.79. The van der Waals surface area contributed by atoms with Gasteiger partial charge in [0.05, 0.1) is 17.7 Å². The molecule has 1 N–H and O–H groups in total. The first-order valence-electron chi connectivity index (χ1n) is 5.51. The average molecular weight is 237 g/mol. The summed E-state index contributed by atoms with van der Waals surface area (Å²) in [5.41, 5.74) is 1.48. The second kappa shape index (κ2) is 3.77. The summed E-state index contributed by atoms with van der Waals surface area (Å²) in [4.78, 5) is 0. The van der Waals surface area contributed by atoms with Crippen LogP contribution in [0.5, 0.6) is 0 Å². The highest BCUT2D eigenvalue weighted by Gasteiger charge is 2.19. The summed E-state index contributed by atoms with van der Waals surface area (Å²) in [6.45, 7) is 7.05. The molecule has 0 aliphatic carbocycles. The average Bonchev–Trinajstić information content (AvgIpc) is 2.55. The minimum Gasteiger partial charge on any atom is -0.389 e. The van der Waals surface area contributed by atoms with Gasteiger partial charge in [-0.1, -0.05) is 5.21 Å². The lowest BCUT2D eigenvalue weighted by Crippen LogP contribution is -2.26. The predicted molar refractivity (Wildman–Crippen MR) is 63.3 cm³/mol. The van der Waals surface area contributed by atoms with E-state index in [4.69, 9.17) is 0 Å². The molecule has 2 rings (SSSR count). The fourth-order valence-corrected chi connectivity index (χ4v) is 1.95. The van der Waals surface area contributed by atoms with E-state index in [0.29, 0.717) is 22.2 Å². The number of hydrogen-bond acceptors (Lipinski definition) is 3. The van der Waals surface area contributed by atoms with E-state index in [1.807, 2.05) is 0 Å². The summed E-state index contributed by atoms with van der Waals surface area (Å²) in [7, 11) is 0. The van der Waals surface area contributed by atoms with Gasteiger partial charge in [-0.25, -0.2) is 9.07 Å². The molecule has 1 aromatic heterocycles. The zero-order chi connectivity index (χ0) is 12.8. The third-order valence-electron chi connectivity index (χ3n) is 2.68. The molecule has 0 bridgehead atoms. The highest BCUT2D eigenvalue weighted by Crippen LogP contribution is 2.23. The van der Waals surface area contributed by atoms with Crippen molar-refractivity contribution < 1.29 is 9.50 Å². The Hall–Kier alpha value is -1.49. The van der Waals surface area contributed by atoms with Crippen LogP contribution in [0.3, 0.4) is 0 Å². The van der Waals surface area contributed by atoms with Crippen LogP contribution in [-0.4, -0.2) is 25.7 Å². The van der Waals surface area contributed by atoms with E-state index in [1.54, 1.807) is 38.4 Å². The van der Waals surface area contributed by atoms with Crippen LogP contribution in [0, 0.1) is 19.7 Å². The number of halogens is 1. The van der Waals surface area contributed by atoms with E-state index in [9.17, 15) is 9.50 Å². The lowest BCUT2D eigenvalue weighted by atomic mass is 10.1. The highest BCUT2D eigenvalue weighted by molar-refractivity contribution is 5.79. The Morgan fingerprint density at radius 1 is 1.41 bits per heavy atom. The number of aromatic nitrogens is 3. The molecule has 0 saturated carbocycles. The highest BCUT2D eigenvalue weighted by atomic mass is 19.1. The van der Waals surface area contributed by atoms with Crippen LogP contribution in [0.25, 0.3) is 11.0 Å². The lowest BCUT2D eigenvalue weighted by molar-refractivity contribution is 0.0584. The van der Waals surface area contributed by atoms with E-state index in [0.717, 1.165) is 0 Å². The molecule has 0 aliphatic rings. The summed E-state index contributed by atoms with van der Waals surface area (Å²) in [6, 6.07) is 1.67. The monoisotopic (exact) mass is 237 g/mol. The molecule has 0 radical (unpaired) electrons. The molecule has 1 heterocycles. The number of nitrogens with zero attached hydrogens (tertiary/aromatic N) is 3. The Bertz CT molecular complexity index is 569. The summed E-state index contributed by atoms with van der Waals surface area (Å²) in [5, 5.41) is 17.7. The molecule has 17 heavy (non-hydrogen) atoms. The Balaban J connectivity index is 2.64. The standard InChI is InChI=1S/C12H16FN3O/c1-7-5-9-11(8(2)10(7)13)16(15-14-9)6-12(3,4)17/h5,17H,6H2,1-4H3. The molecule has 5 heteroatoms. The smallest absolute Gasteiger partial charge is 0.131 e. The fourth-order valence-electron chi connectivity index (χ4n) is 1.95. The Morgan fingerprint density at radius 2 is 2.06 bits per heavy atom. The first kappa shape index (κ1) is 12.0. The minimum atomic E-state index is -0.908. The van der Waals surface area contributed by atoms with E-state index < -0.39 is 5.60 Å². The van der Waals surface area contributed by atoms with Gasteiger partial charge in [-0.15, -0.1) is 5.10 Å². The van der Waals surface area contributed by atoms with Crippen LogP contribution in [0.1, 0.15) is 25.0 Å².